The Bertz CT molecular complexity index is 213. The number of hydrogen-bond donors (Lipinski definition) is 1. The maximum Gasteiger partial charge on any atom is 0.354 e. The van der Waals surface area contributed by atoms with Gasteiger partial charge in [-0.25, -0.2) is 4.79 Å². The van der Waals surface area contributed by atoms with E-state index < -0.39 is 11.9 Å². The summed E-state index contributed by atoms with van der Waals surface area (Å²) in [4.78, 5) is 21.6. The molecular formula is C7H10ClNO3. The molecule has 0 saturated heterocycles. The number of alkyl halides is 1. The van der Waals surface area contributed by atoms with E-state index in [0.29, 0.717) is 0 Å². The first-order chi connectivity index (χ1) is 5.65. The van der Waals surface area contributed by atoms with Crippen molar-refractivity contribution in [2.45, 2.75) is 6.92 Å². The third-order valence-electron chi connectivity index (χ3n) is 1.09. The molecule has 0 aromatic carbocycles. The van der Waals surface area contributed by atoms with Gasteiger partial charge in [-0.15, -0.1) is 11.6 Å². The first-order valence-electron chi connectivity index (χ1n) is 3.26. The molecule has 0 bridgehead atoms. The number of rotatable bonds is 3. The van der Waals surface area contributed by atoms with Crippen LogP contribution in [0.5, 0.6) is 0 Å². The van der Waals surface area contributed by atoms with Crippen molar-refractivity contribution in [3.8, 4) is 0 Å². The maximum absolute atomic E-state index is 10.8. The third kappa shape index (κ3) is 3.39. The highest BCUT2D eigenvalue weighted by Crippen LogP contribution is 1.92. The van der Waals surface area contributed by atoms with Gasteiger partial charge in [0.05, 0.1) is 7.11 Å². The molecule has 5 heteroatoms. The largest absolute Gasteiger partial charge is 0.464 e. The Morgan fingerprint density at radius 1 is 1.58 bits per heavy atom. The second kappa shape index (κ2) is 5.60. The summed E-state index contributed by atoms with van der Waals surface area (Å²) in [5.41, 5.74) is 0.100. The Labute approximate surface area is 75.5 Å². The molecule has 0 fully saturated rings. The zero-order chi connectivity index (χ0) is 9.56. The van der Waals surface area contributed by atoms with E-state index in [4.69, 9.17) is 11.6 Å². The lowest BCUT2D eigenvalue weighted by atomic mass is 10.4. The summed E-state index contributed by atoms with van der Waals surface area (Å²) in [6.07, 6.45) is 1.44. The van der Waals surface area contributed by atoms with Crippen LogP contribution in [0, 0.1) is 0 Å². The number of halogens is 1. The van der Waals surface area contributed by atoms with Crippen molar-refractivity contribution in [1.29, 1.82) is 0 Å². The number of amides is 1. The minimum atomic E-state index is -0.587. The van der Waals surface area contributed by atoms with Crippen LogP contribution in [0.2, 0.25) is 0 Å². The van der Waals surface area contributed by atoms with Gasteiger partial charge in [0, 0.05) is 0 Å². The second-order valence-corrected chi connectivity index (χ2v) is 2.14. The average molecular weight is 192 g/mol. The molecule has 0 unspecified atom stereocenters. The fourth-order valence-electron chi connectivity index (χ4n) is 0.535. The van der Waals surface area contributed by atoms with Crippen LogP contribution in [0.15, 0.2) is 11.8 Å². The van der Waals surface area contributed by atoms with Gasteiger partial charge < -0.3 is 10.1 Å². The van der Waals surface area contributed by atoms with Gasteiger partial charge in [-0.05, 0) is 6.92 Å². The van der Waals surface area contributed by atoms with Crippen molar-refractivity contribution in [1.82, 2.24) is 5.32 Å². The van der Waals surface area contributed by atoms with Crippen molar-refractivity contribution in [3.05, 3.63) is 11.8 Å². The molecule has 0 saturated carbocycles. The summed E-state index contributed by atoms with van der Waals surface area (Å²) in [6, 6.07) is 0. The molecular weight excluding hydrogens is 182 g/mol. The summed E-state index contributed by atoms with van der Waals surface area (Å²) >= 11 is 5.21. The molecule has 0 radical (unpaired) electrons. The summed E-state index contributed by atoms with van der Waals surface area (Å²) in [5, 5.41) is 2.28. The Kier molecular flexibility index (Phi) is 5.12. The predicted octanol–water partition coefficient (Wildman–Crippen LogP) is 0.418. The van der Waals surface area contributed by atoms with Gasteiger partial charge in [0.1, 0.15) is 11.6 Å². The van der Waals surface area contributed by atoms with E-state index in [1.807, 2.05) is 0 Å². The van der Waals surface area contributed by atoms with Gasteiger partial charge >= 0.3 is 5.97 Å². The summed E-state index contributed by atoms with van der Waals surface area (Å²) in [6.45, 7) is 1.61. The molecule has 0 rings (SSSR count). The molecule has 0 aromatic rings. The van der Waals surface area contributed by atoms with Crippen LogP contribution in [0.25, 0.3) is 0 Å². The number of ether oxygens (including phenoxy) is 1. The van der Waals surface area contributed by atoms with Crippen molar-refractivity contribution in [2.24, 2.45) is 0 Å². The molecule has 1 amide bonds. The minimum Gasteiger partial charge on any atom is -0.464 e. The van der Waals surface area contributed by atoms with Crippen LogP contribution < -0.4 is 5.32 Å². The minimum absolute atomic E-state index is 0.100. The van der Waals surface area contributed by atoms with E-state index in [1.165, 1.54) is 13.2 Å². The molecule has 0 aromatic heterocycles. The van der Waals surface area contributed by atoms with Crippen molar-refractivity contribution in [2.75, 3.05) is 13.0 Å². The van der Waals surface area contributed by atoms with Gasteiger partial charge in [-0.1, -0.05) is 6.08 Å². The normalized spacial score (nSPS) is 10.8. The van der Waals surface area contributed by atoms with Crippen LogP contribution in [0.1, 0.15) is 6.92 Å². The molecule has 0 aliphatic rings. The standard InChI is InChI=1S/C7H10ClNO3/c1-3-5(7(11)12-2)9-6(10)4-8/h3H,4H2,1-2H3,(H,9,10). The molecule has 12 heavy (non-hydrogen) atoms. The monoisotopic (exact) mass is 191 g/mol. The molecule has 4 nitrogen and oxygen atoms in total. The van der Waals surface area contributed by atoms with Crippen molar-refractivity contribution < 1.29 is 14.3 Å². The van der Waals surface area contributed by atoms with E-state index in [0.717, 1.165) is 0 Å². The number of hydrogen-bond acceptors (Lipinski definition) is 3. The maximum atomic E-state index is 10.8. The Balaban J connectivity index is 4.20. The third-order valence-corrected chi connectivity index (χ3v) is 1.33. The summed E-state index contributed by atoms with van der Waals surface area (Å²) < 4.78 is 4.38. The zero-order valence-corrected chi connectivity index (χ0v) is 7.64. The number of methoxy groups -OCH3 is 1. The molecule has 0 aliphatic carbocycles. The number of carbonyl (C=O) groups is 2. The molecule has 0 atom stereocenters. The van der Waals surface area contributed by atoms with Crippen molar-refractivity contribution >= 4 is 23.5 Å². The lowest BCUT2D eigenvalue weighted by molar-refractivity contribution is -0.137. The van der Waals surface area contributed by atoms with Crippen LogP contribution in [-0.4, -0.2) is 24.9 Å². The Morgan fingerprint density at radius 3 is 2.50 bits per heavy atom. The predicted molar refractivity (Wildman–Crippen MR) is 44.6 cm³/mol. The van der Waals surface area contributed by atoms with Crippen LogP contribution >= 0.6 is 11.6 Å². The summed E-state index contributed by atoms with van der Waals surface area (Å²) in [5.74, 6) is -1.21. The van der Waals surface area contributed by atoms with E-state index >= 15 is 0 Å². The second-order valence-electron chi connectivity index (χ2n) is 1.88. The summed E-state index contributed by atoms with van der Waals surface area (Å²) in [7, 11) is 1.23. The molecule has 1 N–H and O–H groups in total. The first-order valence-corrected chi connectivity index (χ1v) is 3.79. The smallest absolute Gasteiger partial charge is 0.354 e. The number of carbonyl (C=O) groups excluding carboxylic acids is 2. The Morgan fingerprint density at radius 2 is 2.17 bits per heavy atom. The van der Waals surface area contributed by atoms with Gasteiger partial charge in [-0.3, -0.25) is 4.79 Å². The average Bonchev–Trinajstić information content (AvgIpc) is 2.12. The van der Waals surface area contributed by atoms with Gasteiger partial charge in [0.25, 0.3) is 0 Å². The number of allylic oxidation sites excluding steroid dienone is 1. The fourth-order valence-corrected chi connectivity index (χ4v) is 0.601. The molecule has 0 aliphatic heterocycles. The van der Waals surface area contributed by atoms with Crippen LogP contribution in [0.4, 0.5) is 0 Å². The van der Waals surface area contributed by atoms with E-state index in [2.05, 4.69) is 10.1 Å². The molecule has 0 heterocycles. The highest BCUT2D eigenvalue weighted by atomic mass is 35.5. The van der Waals surface area contributed by atoms with Crippen LogP contribution in [0.3, 0.4) is 0 Å². The zero-order valence-electron chi connectivity index (χ0n) is 6.89. The van der Waals surface area contributed by atoms with Crippen molar-refractivity contribution in [3.63, 3.8) is 0 Å². The van der Waals surface area contributed by atoms with E-state index in [9.17, 15) is 9.59 Å². The Hall–Kier alpha value is -1.03. The molecule has 68 valence electrons. The highest BCUT2D eigenvalue weighted by Gasteiger charge is 2.10. The van der Waals surface area contributed by atoms with E-state index in [-0.39, 0.29) is 11.6 Å². The van der Waals surface area contributed by atoms with Crippen LogP contribution in [-0.2, 0) is 14.3 Å². The number of esters is 1. The fraction of sp³-hybridized carbons (Fsp3) is 0.429. The van der Waals surface area contributed by atoms with Gasteiger partial charge in [0.2, 0.25) is 5.91 Å². The molecule has 0 spiro atoms. The van der Waals surface area contributed by atoms with Gasteiger partial charge in [0.15, 0.2) is 0 Å². The topological polar surface area (TPSA) is 55.4 Å². The highest BCUT2D eigenvalue weighted by molar-refractivity contribution is 6.27. The SMILES string of the molecule is CC=C(NC(=O)CCl)C(=O)OC. The van der Waals surface area contributed by atoms with Gasteiger partial charge in [-0.2, -0.15) is 0 Å². The first kappa shape index (κ1) is 11.0. The quantitative estimate of drug-likeness (QED) is 0.400. The lowest BCUT2D eigenvalue weighted by Crippen LogP contribution is -2.28. The number of nitrogens with one attached hydrogen (secondary N) is 1. The van der Waals surface area contributed by atoms with E-state index in [1.54, 1.807) is 6.92 Å². The lowest BCUT2D eigenvalue weighted by Gasteiger charge is -2.04.